The lowest BCUT2D eigenvalue weighted by molar-refractivity contribution is -0.117. The fourth-order valence-corrected chi connectivity index (χ4v) is 2.71. The van der Waals surface area contributed by atoms with Gasteiger partial charge in [-0.05, 0) is 44.9 Å². The fourth-order valence-electron chi connectivity index (χ4n) is 2.71. The second kappa shape index (κ2) is 5.72. The summed E-state index contributed by atoms with van der Waals surface area (Å²) in [7, 11) is 0. The van der Waals surface area contributed by atoms with E-state index in [4.69, 9.17) is 4.74 Å². The summed E-state index contributed by atoms with van der Waals surface area (Å²) in [6.07, 6.45) is 1.93. The molecule has 0 aromatic heterocycles. The standard InChI is InChI=1S/C17H22N2O3/c1-17(2)11-22-9-8-19(17)16(21)13-4-3-5-14(10-13)18-15(20)12-6-7-12/h3-5,10,12H,6-9,11H2,1-2H3,(H,18,20). The lowest BCUT2D eigenvalue weighted by Gasteiger charge is -2.42. The number of carbonyl (C=O) groups excluding carboxylic acids is 2. The lowest BCUT2D eigenvalue weighted by Crippen LogP contribution is -2.55. The van der Waals surface area contributed by atoms with Crippen LogP contribution < -0.4 is 5.32 Å². The maximum absolute atomic E-state index is 12.8. The Balaban J connectivity index is 1.75. The summed E-state index contributed by atoms with van der Waals surface area (Å²) in [6.45, 7) is 5.69. The van der Waals surface area contributed by atoms with Crippen molar-refractivity contribution in [2.75, 3.05) is 25.1 Å². The van der Waals surface area contributed by atoms with Crippen LogP contribution in [-0.4, -0.2) is 42.0 Å². The van der Waals surface area contributed by atoms with Crippen LogP contribution in [0.1, 0.15) is 37.0 Å². The molecule has 1 aromatic carbocycles. The van der Waals surface area contributed by atoms with Gasteiger partial charge in [-0.15, -0.1) is 0 Å². The lowest BCUT2D eigenvalue weighted by atomic mass is 10.0. The van der Waals surface area contributed by atoms with Gasteiger partial charge in [-0.2, -0.15) is 0 Å². The molecule has 0 atom stereocenters. The molecule has 22 heavy (non-hydrogen) atoms. The van der Waals surface area contributed by atoms with E-state index in [0.717, 1.165) is 12.8 Å². The number of amides is 2. The smallest absolute Gasteiger partial charge is 0.254 e. The summed E-state index contributed by atoms with van der Waals surface area (Å²) >= 11 is 0. The second-order valence-electron chi connectivity index (χ2n) is 6.67. The number of rotatable bonds is 3. The second-order valence-corrected chi connectivity index (χ2v) is 6.67. The maximum atomic E-state index is 12.8. The van der Waals surface area contributed by atoms with Crippen molar-refractivity contribution in [1.82, 2.24) is 4.90 Å². The molecule has 1 heterocycles. The molecule has 1 aliphatic carbocycles. The third-order valence-electron chi connectivity index (χ3n) is 4.22. The highest BCUT2D eigenvalue weighted by Crippen LogP contribution is 2.30. The summed E-state index contributed by atoms with van der Waals surface area (Å²) in [5.74, 6) is 0.185. The number of morpholine rings is 1. The Morgan fingerprint density at radius 3 is 2.77 bits per heavy atom. The van der Waals surface area contributed by atoms with Crippen molar-refractivity contribution in [2.24, 2.45) is 5.92 Å². The minimum Gasteiger partial charge on any atom is -0.377 e. The monoisotopic (exact) mass is 302 g/mol. The number of benzene rings is 1. The van der Waals surface area contributed by atoms with Crippen LogP contribution in [0.5, 0.6) is 0 Å². The number of hydrogen-bond acceptors (Lipinski definition) is 3. The van der Waals surface area contributed by atoms with Crippen molar-refractivity contribution in [3.05, 3.63) is 29.8 Å². The molecule has 2 fully saturated rings. The predicted molar refractivity (Wildman–Crippen MR) is 83.7 cm³/mol. The maximum Gasteiger partial charge on any atom is 0.254 e. The van der Waals surface area contributed by atoms with Crippen molar-refractivity contribution in [1.29, 1.82) is 0 Å². The fraction of sp³-hybridized carbons (Fsp3) is 0.529. The number of carbonyl (C=O) groups is 2. The predicted octanol–water partition coefficient (Wildman–Crippen LogP) is 2.29. The van der Waals surface area contributed by atoms with Crippen LogP contribution >= 0.6 is 0 Å². The van der Waals surface area contributed by atoms with Crippen LogP contribution in [0.2, 0.25) is 0 Å². The largest absolute Gasteiger partial charge is 0.377 e. The molecule has 1 saturated heterocycles. The van der Waals surface area contributed by atoms with E-state index in [1.165, 1.54) is 0 Å². The third-order valence-corrected chi connectivity index (χ3v) is 4.22. The molecule has 1 N–H and O–H groups in total. The molecule has 1 saturated carbocycles. The first-order valence-electron chi connectivity index (χ1n) is 7.78. The molecule has 0 radical (unpaired) electrons. The molecule has 0 unspecified atom stereocenters. The molecular formula is C17H22N2O3. The molecule has 0 bridgehead atoms. The molecule has 2 aliphatic rings. The Kier molecular flexibility index (Phi) is 3.91. The zero-order valence-electron chi connectivity index (χ0n) is 13.1. The van der Waals surface area contributed by atoms with Gasteiger partial charge in [0.25, 0.3) is 5.91 Å². The third kappa shape index (κ3) is 3.14. The zero-order chi connectivity index (χ0) is 15.7. The summed E-state index contributed by atoms with van der Waals surface area (Å²) in [5, 5.41) is 2.89. The molecule has 1 aliphatic heterocycles. The first-order chi connectivity index (χ1) is 10.5. The van der Waals surface area contributed by atoms with E-state index < -0.39 is 0 Å². The highest BCUT2D eigenvalue weighted by Gasteiger charge is 2.34. The average molecular weight is 302 g/mol. The van der Waals surface area contributed by atoms with Gasteiger partial charge < -0.3 is 15.0 Å². The Labute approximate surface area is 130 Å². The van der Waals surface area contributed by atoms with Gasteiger partial charge in [-0.25, -0.2) is 0 Å². The first-order valence-corrected chi connectivity index (χ1v) is 7.78. The van der Waals surface area contributed by atoms with E-state index >= 15 is 0 Å². The van der Waals surface area contributed by atoms with Crippen LogP contribution in [0.3, 0.4) is 0 Å². The molecule has 0 spiro atoms. The first kappa shape index (κ1) is 15.0. The van der Waals surface area contributed by atoms with Crippen LogP contribution in [0.25, 0.3) is 0 Å². The van der Waals surface area contributed by atoms with Crippen molar-refractivity contribution in [2.45, 2.75) is 32.2 Å². The Bertz CT molecular complexity index is 593. The number of hydrogen-bond donors (Lipinski definition) is 1. The molecule has 3 rings (SSSR count). The van der Waals surface area contributed by atoms with E-state index in [-0.39, 0.29) is 23.3 Å². The number of nitrogens with one attached hydrogen (secondary N) is 1. The zero-order valence-corrected chi connectivity index (χ0v) is 13.1. The van der Waals surface area contributed by atoms with Gasteiger partial charge in [0.05, 0.1) is 18.8 Å². The molecule has 1 aromatic rings. The van der Waals surface area contributed by atoms with Crippen LogP contribution in [-0.2, 0) is 9.53 Å². The number of ether oxygens (including phenoxy) is 1. The molecular weight excluding hydrogens is 280 g/mol. The highest BCUT2D eigenvalue weighted by atomic mass is 16.5. The minimum absolute atomic E-state index is 0.0178. The van der Waals surface area contributed by atoms with Crippen LogP contribution in [0.15, 0.2) is 24.3 Å². The van der Waals surface area contributed by atoms with Gasteiger partial charge in [-0.3, -0.25) is 9.59 Å². The van der Waals surface area contributed by atoms with Gasteiger partial charge in [0.2, 0.25) is 5.91 Å². The van der Waals surface area contributed by atoms with Gasteiger partial charge in [0.1, 0.15) is 0 Å². The molecule has 118 valence electrons. The molecule has 2 amide bonds. The summed E-state index contributed by atoms with van der Waals surface area (Å²) in [4.78, 5) is 26.4. The van der Waals surface area contributed by atoms with E-state index in [1.807, 2.05) is 30.9 Å². The van der Waals surface area contributed by atoms with E-state index in [0.29, 0.717) is 31.0 Å². The number of anilines is 1. The Morgan fingerprint density at radius 2 is 2.09 bits per heavy atom. The van der Waals surface area contributed by atoms with Gasteiger partial charge in [-0.1, -0.05) is 6.07 Å². The summed E-state index contributed by atoms with van der Waals surface area (Å²) < 4.78 is 5.46. The van der Waals surface area contributed by atoms with Crippen molar-refractivity contribution in [3.8, 4) is 0 Å². The Morgan fingerprint density at radius 1 is 1.32 bits per heavy atom. The molecule has 5 heteroatoms. The van der Waals surface area contributed by atoms with E-state index in [1.54, 1.807) is 12.1 Å². The van der Waals surface area contributed by atoms with Gasteiger partial charge in [0.15, 0.2) is 0 Å². The summed E-state index contributed by atoms with van der Waals surface area (Å²) in [6, 6.07) is 7.18. The highest BCUT2D eigenvalue weighted by molar-refractivity contribution is 5.98. The van der Waals surface area contributed by atoms with Crippen molar-refractivity contribution >= 4 is 17.5 Å². The van der Waals surface area contributed by atoms with E-state index in [9.17, 15) is 9.59 Å². The van der Waals surface area contributed by atoms with Crippen LogP contribution in [0, 0.1) is 5.92 Å². The SMILES string of the molecule is CC1(C)COCCN1C(=O)c1cccc(NC(=O)C2CC2)c1. The topological polar surface area (TPSA) is 58.6 Å². The quantitative estimate of drug-likeness (QED) is 0.932. The van der Waals surface area contributed by atoms with Crippen molar-refractivity contribution < 1.29 is 14.3 Å². The van der Waals surface area contributed by atoms with E-state index in [2.05, 4.69) is 5.32 Å². The molecule has 5 nitrogen and oxygen atoms in total. The van der Waals surface area contributed by atoms with Crippen LogP contribution in [0.4, 0.5) is 5.69 Å². The number of nitrogens with zero attached hydrogens (tertiary/aromatic N) is 1. The normalized spacial score (nSPS) is 20.5. The van der Waals surface area contributed by atoms with Gasteiger partial charge in [0, 0.05) is 23.7 Å². The van der Waals surface area contributed by atoms with Gasteiger partial charge >= 0.3 is 0 Å². The van der Waals surface area contributed by atoms with Crippen molar-refractivity contribution in [3.63, 3.8) is 0 Å². The average Bonchev–Trinajstić information content (AvgIpc) is 3.31. The minimum atomic E-state index is -0.317. The Hall–Kier alpha value is -1.88. The summed E-state index contributed by atoms with van der Waals surface area (Å²) in [5.41, 5.74) is 0.972.